The molecule has 1 aliphatic carbocycles. The highest BCUT2D eigenvalue weighted by Gasteiger charge is 2.47. The lowest BCUT2D eigenvalue weighted by molar-refractivity contribution is 0.0930. The largest absolute Gasteiger partial charge is 0.496 e. The maximum absolute atomic E-state index is 12.6. The second-order valence-corrected chi connectivity index (χ2v) is 6.20. The fourth-order valence-corrected chi connectivity index (χ4v) is 2.96. The third-order valence-electron chi connectivity index (χ3n) is 3.90. The molecule has 1 saturated carbocycles. The molecule has 114 valence electrons. The Labute approximate surface area is 139 Å². The standard InChI is InChI=1S/C17H15Cl2NO2/c1-22-15-5-3-2-4-13(15)17(8-9-17)20-16(21)12-10-11(18)6-7-14(12)19/h2-7,10H,8-9H2,1H3,(H,20,21). The van der Waals surface area contributed by atoms with E-state index in [2.05, 4.69) is 5.32 Å². The van der Waals surface area contributed by atoms with E-state index in [0.717, 1.165) is 24.2 Å². The molecule has 0 atom stereocenters. The van der Waals surface area contributed by atoms with Crippen LogP contribution in [0.3, 0.4) is 0 Å². The summed E-state index contributed by atoms with van der Waals surface area (Å²) >= 11 is 12.1. The molecule has 3 rings (SSSR count). The maximum atomic E-state index is 12.6. The van der Waals surface area contributed by atoms with Gasteiger partial charge in [0.2, 0.25) is 0 Å². The van der Waals surface area contributed by atoms with Gasteiger partial charge in [0.1, 0.15) is 5.75 Å². The highest BCUT2D eigenvalue weighted by Crippen LogP contribution is 2.49. The van der Waals surface area contributed by atoms with Gasteiger partial charge in [-0.15, -0.1) is 0 Å². The van der Waals surface area contributed by atoms with E-state index in [4.69, 9.17) is 27.9 Å². The monoisotopic (exact) mass is 335 g/mol. The number of benzene rings is 2. The van der Waals surface area contributed by atoms with Crippen LogP contribution in [0.4, 0.5) is 0 Å². The molecule has 1 N–H and O–H groups in total. The number of hydrogen-bond acceptors (Lipinski definition) is 2. The van der Waals surface area contributed by atoms with Gasteiger partial charge in [0, 0.05) is 10.6 Å². The van der Waals surface area contributed by atoms with Gasteiger partial charge in [0.15, 0.2) is 0 Å². The topological polar surface area (TPSA) is 38.3 Å². The molecule has 0 bridgehead atoms. The zero-order valence-corrected chi connectivity index (χ0v) is 13.5. The average molecular weight is 336 g/mol. The van der Waals surface area contributed by atoms with Gasteiger partial charge < -0.3 is 10.1 Å². The maximum Gasteiger partial charge on any atom is 0.253 e. The van der Waals surface area contributed by atoms with E-state index in [0.29, 0.717) is 15.6 Å². The molecule has 22 heavy (non-hydrogen) atoms. The molecule has 0 unspecified atom stereocenters. The number of amides is 1. The minimum atomic E-state index is -0.380. The summed E-state index contributed by atoms with van der Waals surface area (Å²) in [6, 6.07) is 12.6. The number of halogens is 2. The Bertz CT molecular complexity index is 726. The van der Waals surface area contributed by atoms with Crippen LogP contribution in [0.2, 0.25) is 10.0 Å². The van der Waals surface area contributed by atoms with Gasteiger partial charge in [0.25, 0.3) is 5.91 Å². The first-order chi connectivity index (χ1) is 10.6. The van der Waals surface area contributed by atoms with Crippen LogP contribution in [0, 0.1) is 0 Å². The zero-order chi connectivity index (χ0) is 15.7. The first-order valence-electron chi connectivity index (χ1n) is 6.97. The van der Waals surface area contributed by atoms with Crippen molar-refractivity contribution in [2.45, 2.75) is 18.4 Å². The Morgan fingerprint density at radius 3 is 2.59 bits per heavy atom. The van der Waals surface area contributed by atoms with Gasteiger partial charge in [-0.05, 0) is 37.1 Å². The first-order valence-corrected chi connectivity index (χ1v) is 7.72. The van der Waals surface area contributed by atoms with Crippen molar-refractivity contribution in [3.63, 3.8) is 0 Å². The quantitative estimate of drug-likeness (QED) is 0.897. The first kappa shape index (κ1) is 15.2. The number of carbonyl (C=O) groups excluding carboxylic acids is 1. The Hall–Kier alpha value is -1.71. The van der Waals surface area contributed by atoms with Crippen LogP contribution in [0.1, 0.15) is 28.8 Å². The summed E-state index contributed by atoms with van der Waals surface area (Å²) in [5, 5.41) is 3.95. The highest BCUT2D eigenvalue weighted by atomic mass is 35.5. The van der Waals surface area contributed by atoms with Crippen LogP contribution < -0.4 is 10.1 Å². The van der Waals surface area contributed by atoms with Gasteiger partial charge in [-0.2, -0.15) is 0 Å². The highest BCUT2D eigenvalue weighted by molar-refractivity contribution is 6.35. The van der Waals surface area contributed by atoms with Crippen LogP contribution in [0.25, 0.3) is 0 Å². The van der Waals surface area contributed by atoms with Crippen LogP contribution in [0.15, 0.2) is 42.5 Å². The van der Waals surface area contributed by atoms with Crippen molar-refractivity contribution < 1.29 is 9.53 Å². The van der Waals surface area contributed by atoms with E-state index in [9.17, 15) is 4.79 Å². The Morgan fingerprint density at radius 2 is 1.91 bits per heavy atom. The summed E-state index contributed by atoms with van der Waals surface area (Å²) in [7, 11) is 1.63. The second-order valence-electron chi connectivity index (χ2n) is 5.36. The van der Waals surface area contributed by atoms with Gasteiger partial charge in [-0.25, -0.2) is 0 Å². The molecular formula is C17H15Cl2NO2. The van der Waals surface area contributed by atoms with E-state index >= 15 is 0 Å². The lowest BCUT2D eigenvalue weighted by Crippen LogP contribution is -2.35. The normalized spacial score (nSPS) is 15.2. The fraction of sp³-hybridized carbons (Fsp3) is 0.235. The summed E-state index contributed by atoms with van der Waals surface area (Å²) in [5.74, 6) is 0.549. The van der Waals surface area contributed by atoms with Crippen molar-refractivity contribution in [2.75, 3.05) is 7.11 Å². The Morgan fingerprint density at radius 1 is 1.18 bits per heavy atom. The van der Waals surface area contributed by atoms with E-state index in [1.807, 2.05) is 24.3 Å². The van der Waals surface area contributed by atoms with Crippen LogP contribution >= 0.6 is 23.2 Å². The molecule has 2 aromatic carbocycles. The van der Waals surface area contributed by atoms with Gasteiger partial charge >= 0.3 is 0 Å². The Kier molecular flexibility index (Phi) is 4.02. The van der Waals surface area contributed by atoms with E-state index in [1.165, 1.54) is 0 Å². The minimum Gasteiger partial charge on any atom is -0.496 e. The second kappa shape index (κ2) is 5.82. The van der Waals surface area contributed by atoms with Crippen LogP contribution in [0.5, 0.6) is 5.75 Å². The summed E-state index contributed by atoms with van der Waals surface area (Å²) in [4.78, 5) is 12.6. The lowest BCUT2D eigenvalue weighted by Gasteiger charge is -2.21. The average Bonchev–Trinajstić information content (AvgIpc) is 3.30. The molecule has 0 radical (unpaired) electrons. The summed E-state index contributed by atoms with van der Waals surface area (Å²) in [6.45, 7) is 0. The van der Waals surface area contributed by atoms with Gasteiger partial charge in [-0.3, -0.25) is 4.79 Å². The number of hydrogen-bond donors (Lipinski definition) is 1. The van der Waals surface area contributed by atoms with Crippen molar-refractivity contribution in [1.82, 2.24) is 5.32 Å². The minimum absolute atomic E-state index is 0.226. The summed E-state index contributed by atoms with van der Waals surface area (Å²) in [5.41, 5.74) is 0.995. The summed E-state index contributed by atoms with van der Waals surface area (Å²) < 4.78 is 5.40. The van der Waals surface area contributed by atoms with Crippen LogP contribution in [-0.4, -0.2) is 13.0 Å². The zero-order valence-electron chi connectivity index (χ0n) is 12.0. The molecule has 0 saturated heterocycles. The van der Waals surface area contributed by atoms with Gasteiger partial charge in [0.05, 0.1) is 23.2 Å². The molecule has 1 aliphatic rings. The van der Waals surface area contributed by atoms with Crippen molar-refractivity contribution >= 4 is 29.1 Å². The number of rotatable bonds is 4. The van der Waals surface area contributed by atoms with Crippen molar-refractivity contribution in [3.05, 3.63) is 63.6 Å². The smallest absolute Gasteiger partial charge is 0.253 e. The van der Waals surface area contributed by atoms with Gasteiger partial charge in [-0.1, -0.05) is 41.4 Å². The van der Waals surface area contributed by atoms with Crippen molar-refractivity contribution in [2.24, 2.45) is 0 Å². The predicted octanol–water partition coefficient (Wildman–Crippen LogP) is 4.42. The predicted molar refractivity (Wildman–Crippen MR) is 87.8 cm³/mol. The number of ether oxygens (including phenoxy) is 1. The van der Waals surface area contributed by atoms with Crippen LogP contribution in [-0.2, 0) is 5.54 Å². The number of methoxy groups -OCH3 is 1. The molecule has 5 heteroatoms. The third kappa shape index (κ3) is 2.79. The van der Waals surface area contributed by atoms with E-state index < -0.39 is 0 Å². The third-order valence-corrected chi connectivity index (χ3v) is 4.46. The SMILES string of the molecule is COc1ccccc1C1(NC(=O)c2cc(Cl)ccc2Cl)CC1. The fourth-order valence-electron chi connectivity index (χ4n) is 2.58. The number of para-hydroxylation sites is 1. The Balaban J connectivity index is 1.89. The van der Waals surface area contributed by atoms with Crippen molar-refractivity contribution in [1.29, 1.82) is 0 Å². The molecule has 0 aliphatic heterocycles. The van der Waals surface area contributed by atoms with E-state index in [1.54, 1.807) is 25.3 Å². The molecule has 0 spiro atoms. The number of carbonyl (C=O) groups is 1. The summed E-state index contributed by atoms with van der Waals surface area (Å²) in [6.07, 6.45) is 1.74. The molecule has 3 nitrogen and oxygen atoms in total. The van der Waals surface area contributed by atoms with Crippen molar-refractivity contribution in [3.8, 4) is 5.75 Å². The molecule has 1 amide bonds. The van der Waals surface area contributed by atoms with E-state index in [-0.39, 0.29) is 11.4 Å². The molecule has 0 heterocycles. The lowest BCUT2D eigenvalue weighted by atomic mass is 10.0. The molecular weight excluding hydrogens is 321 g/mol. The molecule has 2 aromatic rings. The number of nitrogens with one attached hydrogen (secondary N) is 1. The molecule has 1 fully saturated rings. The molecule has 0 aromatic heterocycles.